The molecule has 2 atom stereocenters. The average molecular weight is 329 g/mol. The third-order valence-electron chi connectivity index (χ3n) is 4.58. The molecule has 3 rings (SSSR count). The van der Waals surface area contributed by atoms with Crippen LogP contribution in [0.15, 0.2) is 24.5 Å². The lowest BCUT2D eigenvalue weighted by Crippen LogP contribution is -2.44. The van der Waals surface area contributed by atoms with Gasteiger partial charge < -0.3 is 15.2 Å². The van der Waals surface area contributed by atoms with E-state index >= 15 is 0 Å². The maximum atomic E-state index is 12.4. The molecular formula is C18H23N3O3. The molecule has 2 aromatic rings. The van der Waals surface area contributed by atoms with Gasteiger partial charge in [0, 0.05) is 25.2 Å². The van der Waals surface area contributed by atoms with E-state index in [0.29, 0.717) is 12.0 Å². The second-order valence-corrected chi connectivity index (χ2v) is 6.75. The second kappa shape index (κ2) is 5.94. The molecule has 1 aliphatic heterocycles. The molecule has 0 aliphatic carbocycles. The number of carbonyl (C=O) groups is 1. The van der Waals surface area contributed by atoms with Gasteiger partial charge in [-0.05, 0) is 43.5 Å². The van der Waals surface area contributed by atoms with E-state index in [2.05, 4.69) is 16.5 Å². The molecule has 1 aliphatic rings. The summed E-state index contributed by atoms with van der Waals surface area (Å²) >= 11 is 0. The van der Waals surface area contributed by atoms with E-state index in [0.717, 1.165) is 16.9 Å². The predicted octanol–water partition coefficient (Wildman–Crippen LogP) is 1.36. The van der Waals surface area contributed by atoms with Crippen LogP contribution in [0.5, 0.6) is 5.75 Å². The highest BCUT2D eigenvalue weighted by Gasteiger charge is 2.32. The van der Waals surface area contributed by atoms with Gasteiger partial charge in [-0.25, -0.2) is 0 Å². The minimum Gasteiger partial charge on any atom is -0.480 e. The number of amides is 1. The smallest absolute Gasteiger partial charge is 0.261 e. The van der Waals surface area contributed by atoms with Gasteiger partial charge in [-0.2, -0.15) is 5.10 Å². The number of nitrogens with one attached hydrogen (secondary N) is 1. The normalized spacial score (nSPS) is 18.6. The molecule has 0 saturated heterocycles. The van der Waals surface area contributed by atoms with Crippen molar-refractivity contribution in [2.75, 3.05) is 6.54 Å². The molecule has 6 nitrogen and oxygen atoms in total. The second-order valence-electron chi connectivity index (χ2n) is 6.75. The third kappa shape index (κ3) is 3.14. The van der Waals surface area contributed by atoms with Crippen LogP contribution >= 0.6 is 0 Å². The first-order valence-corrected chi connectivity index (χ1v) is 8.02. The molecule has 0 fully saturated rings. The van der Waals surface area contributed by atoms with Crippen LogP contribution in [0, 0.1) is 13.8 Å². The van der Waals surface area contributed by atoms with Crippen LogP contribution in [-0.2, 0) is 23.9 Å². The van der Waals surface area contributed by atoms with Crippen molar-refractivity contribution >= 4 is 5.91 Å². The van der Waals surface area contributed by atoms with Crippen LogP contribution in [0.4, 0.5) is 0 Å². The summed E-state index contributed by atoms with van der Waals surface area (Å²) in [4.78, 5) is 12.4. The van der Waals surface area contributed by atoms with E-state index in [-0.39, 0.29) is 12.5 Å². The van der Waals surface area contributed by atoms with Gasteiger partial charge in [-0.1, -0.05) is 6.07 Å². The molecule has 0 saturated carbocycles. The Labute approximate surface area is 141 Å². The SMILES string of the molecule is Cc1cc2c(cc1C)OC(C(=O)NCC(C)(O)c1cnn(C)c1)C2. The standard InChI is InChI=1S/C18H23N3O3/c1-11-5-13-7-16(24-15(13)6-12(11)2)17(22)19-10-18(3,23)14-8-20-21(4)9-14/h5-6,8-9,16,23H,7,10H2,1-4H3,(H,19,22). The Morgan fingerprint density at radius 3 is 2.83 bits per heavy atom. The number of fused-ring (bicyclic) bond motifs is 1. The first-order chi connectivity index (χ1) is 11.3. The largest absolute Gasteiger partial charge is 0.480 e. The Hall–Kier alpha value is -2.34. The van der Waals surface area contributed by atoms with Crippen LogP contribution in [0.25, 0.3) is 0 Å². The fourth-order valence-corrected chi connectivity index (χ4v) is 2.83. The molecule has 0 bridgehead atoms. The quantitative estimate of drug-likeness (QED) is 0.888. The Morgan fingerprint density at radius 2 is 2.17 bits per heavy atom. The highest BCUT2D eigenvalue weighted by Crippen LogP contribution is 2.31. The van der Waals surface area contributed by atoms with Crippen molar-refractivity contribution in [3.8, 4) is 5.75 Å². The third-order valence-corrected chi connectivity index (χ3v) is 4.58. The number of nitrogens with zero attached hydrogens (tertiary/aromatic N) is 2. The molecule has 0 spiro atoms. The number of hydrogen-bond donors (Lipinski definition) is 2. The number of aliphatic hydroxyl groups is 1. The van der Waals surface area contributed by atoms with E-state index in [1.807, 2.05) is 19.9 Å². The van der Waals surface area contributed by atoms with Gasteiger partial charge in [0.05, 0.1) is 12.7 Å². The van der Waals surface area contributed by atoms with Gasteiger partial charge in [0.25, 0.3) is 5.91 Å². The summed E-state index contributed by atoms with van der Waals surface area (Å²) in [6.45, 7) is 5.83. The van der Waals surface area contributed by atoms with Crippen LogP contribution in [0.2, 0.25) is 0 Å². The summed E-state index contributed by atoms with van der Waals surface area (Å²) in [7, 11) is 1.78. The minimum absolute atomic E-state index is 0.103. The Morgan fingerprint density at radius 1 is 1.46 bits per heavy atom. The summed E-state index contributed by atoms with van der Waals surface area (Å²) in [5.41, 5.74) is 2.87. The van der Waals surface area contributed by atoms with Gasteiger partial charge in [-0.15, -0.1) is 0 Å². The van der Waals surface area contributed by atoms with Crippen molar-refractivity contribution in [2.45, 2.75) is 38.9 Å². The van der Waals surface area contributed by atoms with Gasteiger partial charge >= 0.3 is 0 Å². The Balaban J connectivity index is 1.62. The summed E-state index contributed by atoms with van der Waals surface area (Å²) in [6.07, 6.45) is 3.34. The fraction of sp³-hybridized carbons (Fsp3) is 0.444. The highest BCUT2D eigenvalue weighted by atomic mass is 16.5. The lowest BCUT2D eigenvalue weighted by molar-refractivity contribution is -0.128. The number of hydrogen-bond acceptors (Lipinski definition) is 4. The number of ether oxygens (including phenoxy) is 1. The van der Waals surface area contributed by atoms with Crippen molar-refractivity contribution < 1.29 is 14.6 Å². The topological polar surface area (TPSA) is 76.4 Å². The van der Waals surface area contributed by atoms with Crippen molar-refractivity contribution in [2.24, 2.45) is 7.05 Å². The Kier molecular flexibility index (Phi) is 4.09. The van der Waals surface area contributed by atoms with Gasteiger partial charge in [-0.3, -0.25) is 9.48 Å². The maximum absolute atomic E-state index is 12.4. The lowest BCUT2D eigenvalue weighted by Gasteiger charge is -2.23. The molecule has 0 radical (unpaired) electrons. The number of aromatic nitrogens is 2. The lowest BCUT2D eigenvalue weighted by atomic mass is 9.99. The molecule has 24 heavy (non-hydrogen) atoms. The monoisotopic (exact) mass is 329 g/mol. The van der Waals surface area contributed by atoms with E-state index in [4.69, 9.17) is 4.74 Å². The zero-order valence-electron chi connectivity index (χ0n) is 14.5. The number of aryl methyl sites for hydroxylation is 3. The molecule has 1 aromatic carbocycles. The van der Waals surface area contributed by atoms with E-state index in [9.17, 15) is 9.90 Å². The fourth-order valence-electron chi connectivity index (χ4n) is 2.83. The molecule has 1 amide bonds. The van der Waals surface area contributed by atoms with Gasteiger partial charge in [0.1, 0.15) is 11.4 Å². The number of rotatable bonds is 4. The number of carbonyl (C=O) groups excluding carboxylic acids is 1. The van der Waals surface area contributed by atoms with Gasteiger partial charge in [0.15, 0.2) is 6.10 Å². The van der Waals surface area contributed by atoms with Crippen LogP contribution in [0.3, 0.4) is 0 Å². The first-order valence-electron chi connectivity index (χ1n) is 8.02. The minimum atomic E-state index is -1.18. The average Bonchev–Trinajstić information content (AvgIpc) is 3.12. The summed E-state index contributed by atoms with van der Waals surface area (Å²) in [5.74, 6) is 0.558. The first kappa shape index (κ1) is 16.5. The van der Waals surface area contributed by atoms with Crippen LogP contribution < -0.4 is 10.1 Å². The number of benzene rings is 1. The van der Waals surface area contributed by atoms with E-state index < -0.39 is 11.7 Å². The molecular weight excluding hydrogens is 306 g/mol. The van der Waals surface area contributed by atoms with Crippen LogP contribution in [-0.4, -0.2) is 33.4 Å². The summed E-state index contributed by atoms with van der Waals surface area (Å²) in [6, 6.07) is 4.05. The molecule has 6 heteroatoms. The molecule has 128 valence electrons. The van der Waals surface area contributed by atoms with Crippen molar-refractivity contribution in [1.29, 1.82) is 0 Å². The van der Waals surface area contributed by atoms with E-state index in [1.54, 1.807) is 31.0 Å². The summed E-state index contributed by atoms with van der Waals surface area (Å²) < 4.78 is 7.39. The maximum Gasteiger partial charge on any atom is 0.261 e. The summed E-state index contributed by atoms with van der Waals surface area (Å²) in [5, 5.41) is 17.4. The molecule has 2 unspecified atom stereocenters. The predicted molar refractivity (Wildman–Crippen MR) is 89.8 cm³/mol. The van der Waals surface area contributed by atoms with E-state index in [1.165, 1.54) is 5.56 Å². The Bertz CT molecular complexity index is 749. The molecule has 1 aromatic heterocycles. The highest BCUT2D eigenvalue weighted by molar-refractivity contribution is 5.82. The van der Waals surface area contributed by atoms with Crippen LogP contribution in [0.1, 0.15) is 29.2 Å². The van der Waals surface area contributed by atoms with Gasteiger partial charge in [0.2, 0.25) is 0 Å². The zero-order chi connectivity index (χ0) is 17.5. The van der Waals surface area contributed by atoms with Crippen molar-refractivity contribution in [3.63, 3.8) is 0 Å². The molecule has 2 N–H and O–H groups in total. The van der Waals surface area contributed by atoms with Crippen molar-refractivity contribution in [3.05, 3.63) is 46.8 Å². The molecule has 2 heterocycles. The van der Waals surface area contributed by atoms with Crippen molar-refractivity contribution in [1.82, 2.24) is 15.1 Å². The zero-order valence-corrected chi connectivity index (χ0v) is 14.5.